The number of nitrogens with two attached hydrogens (primary N) is 1. The van der Waals surface area contributed by atoms with Crippen molar-refractivity contribution in [1.82, 2.24) is 25.0 Å². The normalized spacial score (nSPS) is 18.9. The molecule has 12 nitrogen and oxygen atoms in total. The Bertz CT molecular complexity index is 2310. The molecular formula is C37H37ClF5N7O5S. The number of sulfone groups is 1. The van der Waals surface area contributed by atoms with Crippen molar-refractivity contribution in [2.45, 2.75) is 74.7 Å². The summed E-state index contributed by atoms with van der Waals surface area (Å²) in [5.41, 5.74) is 3.56. The number of aromatic nitrogens is 3. The van der Waals surface area contributed by atoms with Gasteiger partial charge in [0.2, 0.25) is 0 Å². The first-order valence-corrected chi connectivity index (χ1v) is 19.4. The molecule has 0 saturated heterocycles. The van der Waals surface area contributed by atoms with Crippen molar-refractivity contribution in [2.75, 3.05) is 12.9 Å². The van der Waals surface area contributed by atoms with Gasteiger partial charge < -0.3 is 15.8 Å². The Morgan fingerprint density at radius 3 is 2.30 bits per heavy atom. The number of carbonyl (C=O) groups excluding carboxylic acids is 2. The van der Waals surface area contributed by atoms with E-state index in [1.807, 2.05) is 26.1 Å². The van der Waals surface area contributed by atoms with Gasteiger partial charge >= 0.3 is 12.3 Å². The molecule has 1 aliphatic heterocycles. The molecule has 4 aromatic rings. The molecule has 2 heterocycles. The first-order valence-electron chi connectivity index (χ1n) is 17.1. The first-order chi connectivity index (χ1) is 26.0. The van der Waals surface area contributed by atoms with E-state index in [0.717, 1.165) is 22.2 Å². The minimum Gasteiger partial charge on any atom is -0.447 e. The number of hydrogen-bond acceptors (Lipinski definition) is 9. The zero-order valence-corrected chi connectivity index (χ0v) is 32.0. The van der Waals surface area contributed by atoms with E-state index >= 15 is 0 Å². The van der Waals surface area contributed by atoms with Crippen LogP contribution in [0.5, 0.6) is 0 Å². The van der Waals surface area contributed by atoms with E-state index in [0.29, 0.717) is 16.7 Å². The third kappa shape index (κ3) is 7.94. The lowest BCUT2D eigenvalue weighted by Crippen LogP contribution is -2.50. The second-order valence-corrected chi connectivity index (χ2v) is 17.4. The number of hydrogen-bond donors (Lipinski definition) is 2. The maximum atomic E-state index is 15.0. The number of guanidine groups is 1. The summed E-state index contributed by atoms with van der Waals surface area (Å²) in [6.07, 6.45) is -7.80. The summed E-state index contributed by atoms with van der Waals surface area (Å²) in [5.74, 6) is -1.74. The highest BCUT2D eigenvalue weighted by atomic mass is 35.5. The molecule has 0 unspecified atom stereocenters. The third-order valence-corrected chi connectivity index (χ3v) is 11.0. The van der Waals surface area contributed by atoms with Crippen LogP contribution in [0.4, 0.5) is 26.7 Å². The first kappa shape index (κ1) is 40.6. The fourth-order valence-electron chi connectivity index (χ4n) is 6.71. The molecule has 56 heavy (non-hydrogen) atoms. The zero-order chi connectivity index (χ0) is 41.0. The predicted molar refractivity (Wildman–Crippen MR) is 196 cm³/mol. The highest BCUT2D eigenvalue weighted by Gasteiger charge is 2.64. The topological polar surface area (TPSA) is 162 Å². The van der Waals surface area contributed by atoms with E-state index in [2.05, 4.69) is 10.1 Å². The Hall–Kier alpha value is -5.10. The van der Waals surface area contributed by atoms with Gasteiger partial charge in [-0.1, -0.05) is 74.8 Å². The molecular weight excluding hydrogens is 785 g/mol. The van der Waals surface area contributed by atoms with Gasteiger partial charge in [-0.2, -0.15) is 18.3 Å². The van der Waals surface area contributed by atoms with Gasteiger partial charge in [-0.25, -0.2) is 36.7 Å². The standard InChI is InChI=1S/C37H37ClF5N7O5S/c1-34(2,3)19-36(24-11-8-21(9-12-24)22-6-5-7-25(16-22)56(4,53)54)31(51)49(32(44)47-36)28(18-55-33(52)48-35(14-15-35)37(41,42)43)23-10-13-26(38)27(17-23)50-30(29(39)40)45-20-46-50/h5-13,16-17,20,28-29H,14-15,18-19H2,1-4H3,(H2,44,47)(H,48,52)/t28-,36-/m1/s1. The van der Waals surface area contributed by atoms with Crippen molar-refractivity contribution in [2.24, 2.45) is 16.1 Å². The third-order valence-electron chi connectivity index (χ3n) is 9.54. The Morgan fingerprint density at radius 1 is 1.04 bits per heavy atom. The summed E-state index contributed by atoms with van der Waals surface area (Å²) in [7, 11) is -3.50. The molecule has 1 saturated carbocycles. The summed E-state index contributed by atoms with van der Waals surface area (Å²) >= 11 is 6.43. The molecule has 3 N–H and O–H groups in total. The zero-order valence-electron chi connectivity index (χ0n) is 30.4. The lowest BCUT2D eigenvalue weighted by molar-refractivity contribution is -0.164. The molecule has 2 amide bonds. The van der Waals surface area contributed by atoms with Gasteiger partial charge in [-0.3, -0.25) is 9.69 Å². The minimum atomic E-state index is -4.74. The van der Waals surface area contributed by atoms with Crippen LogP contribution in [0.3, 0.4) is 0 Å². The van der Waals surface area contributed by atoms with E-state index in [1.165, 1.54) is 30.3 Å². The van der Waals surface area contributed by atoms with Crippen LogP contribution in [0.1, 0.15) is 69.5 Å². The minimum absolute atomic E-state index is 0.0435. The maximum absolute atomic E-state index is 15.0. The van der Waals surface area contributed by atoms with Crippen LogP contribution >= 0.6 is 11.6 Å². The molecule has 1 fully saturated rings. The lowest BCUT2D eigenvalue weighted by Gasteiger charge is -2.35. The number of ether oxygens (including phenoxy) is 1. The summed E-state index contributed by atoms with van der Waals surface area (Å²) in [6, 6.07) is 15.7. The van der Waals surface area contributed by atoms with Crippen molar-refractivity contribution in [3.05, 3.63) is 95.0 Å². The van der Waals surface area contributed by atoms with Crippen molar-refractivity contribution in [1.29, 1.82) is 0 Å². The Kier molecular flexibility index (Phi) is 10.5. The van der Waals surface area contributed by atoms with Crippen LogP contribution in [-0.2, 0) is 24.9 Å². The summed E-state index contributed by atoms with van der Waals surface area (Å²) < 4.78 is 99.3. The molecule has 1 aliphatic carbocycles. The summed E-state index contributed by atoms with van der Waals surface area (Å²) in [4.78, 5) is 37.4. The maximum Gasteiger partial charge on any atom is 0.411 e. The number of halogens is 6. The van der Waals surface area contributed by atoms with Crippen molar-refractivity contribution in [3.8, 4) is 16.8 Å². The van der Waals surface area contributed by atoms with E-state index < -0.39 is 69.4 Å². The molecule has 2 atom stereocenters. The molecule has 0 spiro atoms. The number of nitrogens with one attached hydrogen (secondary N) is 1. The highest BCUT2D eigenvalue weighted by molar-refractivity contribution is 7.90. The van der Waals surface area contributed by atoms with Crippen LogP contribution in [0.2, 0.25) is 5.02 Å². The summed E-state index contributed by atoms with van der Waals surface area (Å²) in [5, 5.41) is 5.71. The van der Waals surface area contributed by atoms with Crippen LogP contribution in [-0.4, -0.2) is 70.6 Å². The van der Waals surface area contributed by atoms with Gasteiger partial charge in [-0.15, -0.1) is 0 Å². The number of nitrogens with zero attached hydrogens (tertiary/aromatic N) is 5. The largest absolute Gasteiger partial charge is 0.447 e. The van der Waals surface area contributed by atoms with E-state index in [9.17, 15) is 40.0 Å². The van der Waals surface area contributed by atoms with Gasteiger partial charge in [-0.05, 0) is 71.2 Å². The molecule has 2 aliphatic rings. The number of amides is 2. The van der Waals surface area contributed by atoms with Gasteiger partial charge in [0, 0.05) is 6.26 Å². The molecule has 0 bridgehead atoms. The molecule has 6 rings (SSSR count). The fraction of sp³-hybridized carbons (Fsp3) is 0.378. The second kappa shape index (κ2) is 14.4. The second-order valence-electron chi connectivity index (χ2n) is 15.0. The van der Waals surface area contributed by atoms with Crippen molar-refractivity contribution >= 4 is 39.4 Å². The Labute approximate surface area is 323 Å². The number of aliphatic imine (C=N–C) groups is 1. The monoisotopic (exact) mass is 821 g/mol. The molecule has 1 aromatic heterocycles. The number of alkyl carbamates (subject to hydrolysis) is 1. The average molecular weight is 822 g/mol. The van der Waals surface area contributed by atoms with Gasteiger partial charge in [0.15, 0.2) is 27.2 Å². The number of rotatable bonds is 11. The van der Waals surface area contributed by atoms with Gasteiger partial charge in [0.25, 0.3) is 12.3 Å². The average Bonchev–Trinajstić information content (AvgIpc) is 3.66. The molecule has 3 aromatic carbocycles. The molecule has 19 heteroatoms. The molecule has 0 radical (unpaired) electrons. The number of carbonyl (C=O) groups is 2. The number of benzene rings is 3. The smallest absolute Gasteiger partial charge is 0.411 e. The van der Waals surface area contributed by atoms with Crippen molar-refractivity contribution in [3.63, 3.8) is 0 Å². The highest BCUT2D eigenvalue weighted by Crippen LogP contribution is 2.49. The Balaban J connectivity index is 1.41. The van der Waals surface area contributed by atoms with Crippen LogP contribution in [0.15, 0.2) is 82.9 Å². The fourth-order valence-corrected chi connectivity index (χ4v) is 7.58. The van der Waals surface area contributed by atoms with Crippen LogP contribution in [0, 0.1) is 5.41 Å². The Morgan fingerprint density at radius 2 is 1.71 bits per heavy atom. The van der Waals surface area contributed by atoms with E-state index in [4.69, 9.17) is 27.1 Å². The quantitative estimate of drug-likeness (QED) is 0.149. The lowest BCUT2D eigenvalue weighted by atomic mass is 9.75. The van der Waals surface area contributed by atoms with E-state index in [1.54, 1.807) is 36.4 Å². The molecule has 298 valence electrons. The van der Waals surface area contributed by atoms with Gasteiger partial charge in [0.1, 0.15) is 18.5 Å². The predicted octanol–water partition coefficient (Wildman–Crippen LogP) is 7.28. The van der Waals surface area contributed by atoms with E-state index in [-0.39, 0.29) is 46.4 Å². The SMILES string of the molecule is CC(C)(C)C[C@]1(c2ccc(-c3cccc(S(C)(=O)=O)c3)cc2)N=C(N)N([C@H](COC(=O)NC2(C(F)(F)F)CC2)c2ccc(Cl)c(-n3ncnc3C(F)F)c2)C1=O. The summed E-state index contributed by atoms with van der Waals surface area (Å²) in [6.45, 7) is 4.89. The number of alkyl halides is 5. The van der Waals surface area contributed by atoms with Crippen molar-refractivity contribution < 1.29 is 44.7 Å². The van der Waals surface area contributed by atoms with Gasteiger partial charge in [0.05, 0.1) is 21.6 Å². The van der Waals surface area contributed by atoms with Crippen LogP contribution < -0.4 is 11.1 Å². The van der Waals surface area contributed by atoms with Crippen LogP contribution in [0.25, 0.3) is 16.8 Å².